The molecule has 0 saturated carbocycles. The topological polar surface area (TPSA) is 39.1 Å². The molecular formula is C16H23N3O. The lowest BCUT2D eigenvalue weighted by Crippen LogP contribution is -2.35. The van der Waals surface area contributed by atoms with Gasteiger partial charge in [-0.05, 0) is 25.5 Å². The number of rotatable bonds is 7. The first-order valence-corrected chi connectivity index (χ1v) is 7.11. The number of nitrogens with one attached hydrogen (secondary N) is 1. The van der Waals surface area contributed by atoms with Gasteiger partial charge < -0.3 is 10.1 Å². The van der Waals surface area contributed by atoms with Crippen LogP contribution in [0.2, 0.25) is 0 Å². The molecule has 1 N–H and O–H groups in total. The first-order chi connectivity index (χ1) is 9.69. The third-order valence-electron chi connectivity index (χ3n) is 3.40. The van der Waals surface area contributed by atoms with Gasteiger partial charge in [0.1, 0.15) is 12.4 Å². The van der Waals surface area contributed by atoms with Crippen LogP contribution in [-0.2, 0) is 7.05 Å². The molecule has 0 radical (unpaired) electrons. The Morgan fingerprint density at radius 2 is 2.05 bits per heavy atom. The van der Waals surface area contributed by atoms with Crippen molar-refractivity contribution in [3.05, 3.63) is 48.3 Å². The van der Waals surface area contributed by atoms with E-state index in [9.17, 15) is 0 Å². The molecule has 2 aromatic rings. The van der Waals surface area contributed by atoms with Crippen LogP contribution < -0.4 is 10.1 Å². The Kier molecular flexibility index (Phi) is 5.18. The summed E-state index contributed by atoms with van der Waals surface area (Å²) in [7, 11) is 1.94. The van der Waals surface area contributed by atoms with E-state index in [0.717, 1.165) is 12.2 Å². The number of aromatic nitrogens is 2. The van der Waals surface area contributed by atoms with Gasteiger partial charge in [0, 0.05) is 30.9 Å². The Morgan fingerprint density at radius 3 is 2.65 bits per heavy atom. The number of aryl methyl sites for hydroxylation is 1. The average Bonchev–Trinajstić information content (AvgIpc) is 2.91. The molecule has 1 heterocycles. The Bertz CT molecular complexity index is 509. The Morgan fingerprint density at radius 1 is 1.30 bits per heavy atom. The fourth-order valence-corrected chi connectivity index (χ4v) is 2.11. The van der Waals surface area contributed by atoms with Gasteiger partial charge in [-0.15, -0.1) is 0 Å². The molecule has 0 fully saturated rings. The van der Waals surface area contributed by atoms with E-state index in [2.05, 4.69) is 24.3 Å². The third kappa shape index (κ3) is 4.10. The van der Waals surface area contributed by atoms with Crippen molar-refractivity contribution in [1.29, 1.82) is 0 Å². The van der Waals surface area contributed by atoms with E-state index in [1.807, 2.05) is 54.5 Å². The van der Waals surface area contributed by atoms with Gasteiger partial charge in [0.2, 0.25) is 0 Å². The number of nitrogens with zero attached hydrogens (tertiary/aromatic N) is 2. The highest BCUT2D eigenvalue weighted by molar-refractivity contribution is 5.21. The zero-order valence-corrected chi connectivity index (χ0v) is 12.4. The van der Waals surface area contributed by atoms with Crippen molar-refractivity contribution in [3.63, 3.8) is 0 Å². The zero-order valence-electron chi connectivity index (χ0n) is 12.4. The van der Waals surface area contributed by atoms with Crippen LogP contribution in [0.25, 0.3) is 0 Å². The number of hydrogen-bond donors (Lipinski definition) is 1. The van der Waals surface area contributed by atoms with Crippen LogP contribution in [-0.4, -0.2) is 22.4 Å². The number of para-hydroxylation sites is 1. The second-order valence-electron chi connectivity index (χ2n) is 5.06. The van der Waals surface area contributed by atoms with Gasteiger partial charge >= 0.3 is 0 Å². The molecule has 4 nitrogen and oxygen atoms in total. The van der Waals surface area contributed by atoms with Gasteiger partial charge in [0.05, 0.1) is 6.20 Å². The highest BCUT2D eigenvalue weighted by Gasteiger charge is 2.13. The summed E-state index contributed by atoms with van der Waals surface area (Å²) < 4.78 is 7.65. The molecule has 0 aliphatic heterocycles. The fourth-order valence-electron chi connectivity index (χ4n) is 2.11. The summed E-state index contributed by atoms with van der Waals surface area (Å²) >= 11 is 0. The molecule has 4 heteroatoms. The Hall–Kier alpha value is -1.81. The number of benzene rings is 1. The normalized spacial score (nSPS) is 13.9. The van der Waals surface area contributed by atoms with Crippen molar-refractivity contribution >= 4 is 0 Å². The van der Waals surface area contributed by atoms with E-state index in [-0.39, 0.29) is 6.04 Å². The maximum atomic E-state index is 5.82. The predicted octanol–water partition coefficient (Wildman–Crippen LogP) is 2.93. The second kappa shape index (κ2) is 7.10. The first-order valence-electron chi connectivity index (χ1n) is 7.11. The smallest absolute Gasteiger partial charge is 0.119 e. The molecule has 20 heavy (non-hydrogen) atoms. The van der Waals surface area contributed by atoms with E-state index in [1.54, 1.807) is 0 Å². The maximum Gasteiger partial charge on any atom is 0.119 e. The van der Waals surface area contributed by atoms with Gasteiger partial charge in [-0.25, -0.2) is 0 Å². The molecule has 108 valence electrons. The van der Waals surface area contributed by atoms with Crippen molar-refractivity contribution in [2.24, 2.45) is 7.05 Å². The summed E-state index contributed by atoms with van der Waals surface area (Å²) in [6.45, 7) is 5.00. The molecule has 0 saturated heterocycles. The van der Waals surface area contributed by atoms with Crippen LogP contribution in [0.5, 0.6) is 5.75 Å². The maximum absolute atomic E-state index is 5.82. The highest BCUT2D eigenvalue weighted by atomic mass is 16.5. The molecule has 0 amide bonds. The van der Waals surface area contributed by atoms with Crippen molar-refractivity contribution in [2.75, 3.05) is 6.61 Å². The van der Waals surface area contributed by atoms with Crippen LogP contribution in [0.1, 0.15) is 31.9 Å². The molecule has 0 aliphatic rings. The van der Waals surface area contributed by atoms with E-state index in [0.29, 0.717) is 12.6 Å². The summed E-state index contributed by atoms with van der Waals surface area (Å²) in [6.07, 6.45) is 4.97. The summed E-state index contributed by atoms with van der Waals surface area (Å²) in [4.78, 5) is 0. The molecule has 0 spiro atoms. The molecular weight excluding hydrogens is 250 g/mol. The lowest BCUT2D eigenvalue weighted by atomic mass is 10.1. The van der Waals surface area contributed by atoms with E-state index in [4.69, 9.17) is 4.74 Å². The molecule has 0 unspecified atom stereocenters. The quantitative estimate of drug-likeness (QED) is 0.843. The van der Waals surface area contributed by atoms with Crippen LogP contribution in [0.4, 0.5) is 0 Å². The molecule has 1 aromatic carbocycles. The van der Waals surface area contributed by atoms with Crippen LogP contribution >= 0.6 is 0 Å². The second-order valence-corrected chi connectivity index (χ2v) is 5.06. The summed E-state index contributed by atoms with van der Waals surface area (Å²) in [6, 6.07) is 10.5. The average molecular weight is 273 g/mol. The van der Waals surface area contributed by atoms with E-state index < -0.39 is 0 Å². The van der Waals surface area contributed by atoms with Crippen LogP contribution in [0.15, 0.2) is 42.7 Å². The van der Waals surface area contributed by atoms with Crippen LogP contribution in [0, 0.1) is 0 Å². The SMILES string of the molecule is CC[C@@H](COc1ccccc1)N[C@@H](C)c1cnn(C)c1. The van der Waals surface area contributed by atoms with Gasteiger partial charge in [0.25, 0.3) is 0 Å². The summed E-state index contributed by atoms with van der Waals surface area (Å²) in [5, 5.41) is 7.80. The monoisotopic (exact) mass is 273 g/mol. The Balaban J connectivity index is 1.85. The van der Waals surface area contributed by atoms with Crippen molar-refractivity contribution in [3.8, 4) is 5.75 Å². The zero-order chi connectivity index (χ0) is 14.4. The first kappa shape index (κ1) is 14.6. The van der Waals surface area contributed by atoms with Crippen molar-refractivity contribution in [2.45, 2.75) is 32.4 Å². The molecule has 0 aliphatic carbocycles. The molecule has 2 rings (SSSR count). The van der Waals surface area contributed by atoms with E-state index in [1.165, 1.54) is 5.56 Å². The van der Waals surface area contributed by atoms with Gasteiger partial charge in [-0.2, -0.15) is 5.10 Å². The van der Waals surface area contributed by atoms with Crippen LogP contribution in [0.3, 0.4) is 0 Å². The van der Waals surface area contributed by atoms with Crippen molar-refractivity contribution in [1.82, 2.24) is 15.1 Å². The molecule has 0 bridgehead atoms. The van der Waals surface area contributed by atoms with E-state index >= 15 is 0 Å². The molecule has 1 aromatic heterocycles. The number of hydrogen-bond acceptors (Lipinski definition) is 3. The van der Waals surface area contributed by atoms with Crippen molar-refractivity contribution < 1.29 is 4.74 Å². The highest BCUT2D eigenvalue weighted by Crippen LogP contribution is 2.14. The minimum absolute atomic E-state index is 0.271. The predicted molar refractivity (Wildman–Crippen MR) is 80.8 cm³/mol. The van der Waals surface area contributed by atoms with Gasteiger partial charge in [-0.1, -0.05) is 25.1 Å². The fraction of sp³-hybridized carbons (Fsp3) is 0.438. The minimum atomic E-state index is 0.271. The lowest BCUT2D eigenvalue weighted by Gasteiger charge is -2.22. The largest absolute Gasteiger partial charge is 0.492 e. The minimum Gasteiger partial charge on any atom is -0.492 e. The van der Waals surface area contributed by atoms with Gasteiger partial charge in [0.15, 0.2) is 0 Å². The summed E-state index contributed by atoms with van der Waals surface area (Å²) in [5.74, 6) is 0.918. The lowest BCUT2D eigenvalue weighted by molar-refractivity contribution is 0.250. The standard InChI is InChI=1S/C16H23N3O/c1-4-15(12-20-16-8-6-5-7-9-16)18-13(2)14-10-17-19(3)11-14/h5-11,13,15,18H,4,12H2,1-3H3/t13-,15-/m0/s1. The Labute approximate surface area is 120 Å². The summed E-state index contributed by atoms with van der Waals surface area (Å²) in [5.41, 5.74) is 1.20. The third-order valence-corrected chi connectivity index (χ3v) is 3.40. The van der Waals surface area contributed by atoms with Gasteiger partial charge in [-0.3, -0.25) is 4.68 Å². The molecule has 2 atom stereocenters. The number of ether oxygens (including phenoxy) is 1.